The minimum Gasteiger partial charge on any atom is -0.497 e. The number of halogens is 3. The summed E-state index contributed by atoms with van der Waals surface area (Å²) in [6.45, 7) is 9.35. The topological polar surface area (TPSA) is 87.9 Å². The molecule has 0 radical (unpaired) electrons. The lowest BCUT2D eigenvalue weighted by Crippen LogP contribution is -2.23. The van der Waals surface area contributed by atoms with Crippen LogP contribution in [-0.4, -0.2) is 42.1 Å². The zero-order valence-corrected chi connectivity index (χ0v) is 20.5. The van der Waals surface area contributed by atoms with Crippen LogP contribution in [0.15, 0.2) is 54.7 Å². The number of alkyl halides is 2. The molecule has 0 unspecified atom stereocenters. The van der Waals surface area contributed by atoms with Crippen LogP contribution in [0.3, 0.4) is 0 Å². The number of pyridine rings is 1. The number of nitrogens with zero attached hydrogens (tertiary/aromatic N) is 8. The first kappa shape index (κ1) is 24.3. The first-order valence-corrected chi connectivity index (χ1v) is 11.5. The monoisotopic (exact) mass is 520 g/mol. The van der Waals surface area contributed by atoms with E-state index in [2.05, 4.69) is 30.5 Å². The average molecular weight is 521 g/mol. The number of hydrogen-bond acceptors (Lipinski definition) is 6. The fourth-order valence-corrected chi connectivity index (χ4v) is 4.30. The summed E-state index contributed by atoms with van der Waals surface area (Å²) < 4.78 is 39.4. The maximum absolute atomic E-state index is 15.8. The Morgan fingerprint density at radius 1 is 1.08 bits per heavy atom. The summed E-state index contributed by atoms with van der Waals surface area (Å²) in [6.07, 6.45) is 1.44. The van der Waals surface area contributed by atoms with Crippen LogP contribution >= 0.6 is 11.6 Å². The zero-order chi connectivity index (χ0) is 26.2. The molecule has 0 fully saturated rings. The summed E-state index contributed by atoms with van der Waals surface area (Å²) in [5.74, 6) is -3.43. The number of rotatable bonds is 7. The van der Waals surface area contributed by atoms with Crippen molar-refractivity contribution in [2.75, 3.05) is 7.11 Å². The minimum atomic E-state index is -3.50. The van der Waals surface area contributed by atoms with Gasteiger partial charge in [-0.2, -0.15) is 13.9 Å². The average Bonchev–Trinajstić information content (AvgIpc) is 3.50. The van der Waals surface area contributed by atoms with Gasteiger partial charge in [0.05, 0.1) is 38.0 Å². The molecule has 5 aromatic rings. The molecule has 0 saturated heterocycles. The molecule has 9 nitrogen and oxygen atoms in total. The first-order valence-electron chi connectivity index (χ1n) is 11.1. The number of tetrazole rings is 1. The lowest BCUT2D eigenvalue weighted by molar-refractivity contribution is 0.0281. The van der Waals surface area contributed by atoms with Crippen molar-refractivity contribution >= 4 is 28.2 Å². The molecule has 0 N–H and O–H groups in total. The van der Waals surface area contributed by atoms with Gasteiger partial charge >= 0.3 is 5.92 Å². The highest BCUT2D eigenvalue weighted by atomic mass is 35.5. The fraction of sp³-hybridized carbons (Fsp3) is 0.200. The third-order valence-electron chi connectivity index (χ3n) is 6.01. The molecule has 0 bridgehead atoms. The first-order chi connectivity index (χ1) is 17.8. The molecule has 0 aliphatic carbocycles. The summed E-state index contributed by atoms with van der Waals surface area (Å²) in [4.78, 5) is 7.54. The number of benzene rings is 2. The van der Waals surface area contributed by atoms with Crippen LogP contribution in [0.25, 0.3) is 15.7 Å². The molecule has 12 heteroatoms. The lowest BCUT2D eigenvalue weighted by atomic mass is 10.0. The largest absolute Gasteiger partial charge is 0.497 e. The molecular weight excluding hydrogens is 502 g/mol. The van der Waals surface area contributed by atoms with Gasteiger partial charge in [-0.15, -0.1) is 5.10 Å². The van der Waals surface area contributed by atoms with Crippen molar-refractivity contribution in [3.63, 3.8) is 0 Å². The third kappa shape index (κ3) is 4.47. The van der Waals surface area contributed by atoms with Gasteiger partial charge < -0.3 is 4.74 Å². The highest BCUT2D eigenvalue weighted by molar-refractivity contribution is 6.30. The van der Waals surface area contributed by atoms with Crippen molar-refractivity contribution in [3.05, 3.63) is 99.5 Å². The number of hydrogen-bond donors (Lipinski definition) is 0. The second-order valence-corrected chi connectivity index (χ2v) is 8.63. The second kappa shape index (κ2) is 9.55. The lowest BCUT2D eigenvalue weighted by Gasteiger charge is -2.17. The zero-order valence-electron chi connectivity index (χ0n) is 19.7. The van der Waals surface area contributed by atoms with Crippen LogP contribution in [0, 0.1) is 13.5 Å². The van der Waals surface area contributed by atoms with Crippen molar-refractivity contribution in [3.8, 4) is 5.75 Å². The maximum Gasteiger partial charge on any atom is 0.333 e. The summed E-state index contributed by atoms with van der Waals surface area (Å²) in [6, 6.07) is 12.9. The maximum atomic E-state index is 15.8. The molecule has 3 aromatic heterocycles. The Balaban J connectivity index is 1.52. The van der Waals surface area contributed by atoms with Crippen LogP contribution in [0.1, 0.15) is 28.2 Å². The van der Waals surface area contributed by atoms with E-state index in [-0.39, 0.29) is 23.8 Å². The standard InChI is InChI=1S/C25H19ClF2N8O/c1-15-19-9-6-17(12-22(19)35(32-15)14-20-21(29-2)10-11-30-23(20)26)25(27,28)24-31-33-34-36(24)13-16-4-7-18(37-3)8-5-16/h4-12H,13-14H2,1,3H3. The molecular formula is C25H19ClF2N8O. The molecule has 0 aliphatic heterocycles. The van der Waals surface area contributed by atoms with Gasteiger partial charge in [-0.05, 0) is 47.2 Å². The van der Waals surface area contributed by atoms with Crippen LogP contribution in [0.4, 0.5) is 14.5 Å². The molecule has 0 saturated carbocycles. The van der Waals surface area contributed by atoms with Gasteiger partial charge in [0.1, 0.15) is 10.9 Å². The Bertz CT molecular complexity index is 1640. The van der Waals surface area contributed by atoms with Gasteiger partial charge in [0, 0.05) is 22.7 Å². The normalized spacial score (nSPS) is 11.6. The van der Waals surface area contributed by atoms with E-state index in [1.807, 2.05) is 0 Å². The van der Waals surface area contributed by atoms with Gasteiger partial charge in [0.15, 0.2) is 5.69 Å². The molecule has 186 valence electrons. The fourth-order valence-electron chi connectivity index (χ4n) is 4.08. The summed E-state index contributed by atoms with van der Waals surface area (Å²) in [5.41, 5.74) is 2.33. The van der Waals surface area contributed by atoms with Gasteiger partial charge in [0.25, 0.3) is 0 Å². The number of aromatic nitrogens is 7. The Morgan fingerprint density at radius 3 is 2.59 bits per heavy atom. The van der Waals surface area contributed by atoms with Gasteiger partial charge in [-0.1, -0.05) is 35.9 Å². The number of ether oxygens (including phenoxy) is 1. The molecule has 0 spiro atoms. The molecule has 0 amide bonds. The number of aryl methyl sites for hydroxylation is 1. The van der Waals surface area contributed by atoms with Crippen molar-refractivity contribution in [1.29, 1.82) is 0 Å². The van der Waals surface area contributed by atoms with Crippen molar-refractivity contribution in [2.24, 2.45) is 0 Å². The van der Waals surface area contributed by atoms with E-state index < -0.39 is 11.7 Å². The molecule has 0 atom stereocenters. The Hall–Kier alpha value is -4.43. The Morgan fingerprint density at radius 2 is 1.86 bits per heavy atom. The molecule has 5 rings (SSSR count). The predicted molar refractivity (Wildman–Crippen MR) is 132 cm³/mol. The minimum absolute atomic E-state index is 0.0557. The number of fused-ring (bicyclic) bond motifs is 1. The number of methoxy groups -OCH3 is 1. The van der Waals surface area contributed by atoms with Crippen molar-refractivity contribution < 1.29 is 13.5 Å². The Labute approximate surface area is 215 Å². The molecule has 2 aromatic carbocycles. The second-order valence-electron chi connectivity index (χ2n) is 8.27. The predicted octanol–water partition coefficient (Wildman–Crippen LogP) is 5.18. The van der Waals surface area contributed by atoms with E-state index in [1.165, 1.54) is 18.3 Å². The quantitative estimate of drug-likeness (QED) is 0.217. The highest BCUT2D eigenvalue weighted by Gasteiger charge is 2.40. The summed E-state index contributed by atoms with van der Waals surface area (Å²) >= 11 is 6.24. The van der Waals surface area contributed by atoms with Crippen LogP contribution < -0.4 is 4.74 Å². The SMILES string of the molecule is [C-]#[N+]c1ccnc(Cl)c1Cn1nc(C)c2ccc(C(F)(F)c3nnnn3Cc3ccc(OC)cc3)cc21. The summed E-state index contributed by atoms with van der Waals surface area (Å²) in [7, 11) is 1.55. The van der Waals surface area contributed by atoms with E-state index in [0.717, 1.165) is 10.2 Å². The third-order valence-corrected chi connectivity index (χ3v) is 6.34. The summed E-state index contributed by atoms with van der Waals surface area (Å²) in [5, 5.41) is 16.3. The molecule has 37 heavy (non-hydrogen) atoms. The van der Waals surface area contributed by atoms with E-state index in [4.69, 9.17) is 22.9 Å². The van der Waals surface area contributed by atoms with E-state index in [1.54, 1.807) is 55.1 Å². The smallest absolute Gasteiger partial charge is 0.333 e. The van der Waals surface area contributed by atoms with Crippen LogP contribution in [-0.2, 0) is 19.0 Å². The Kier molecular flexibility index (Phi) is 6.27. The van der Waals surface area contributed by atoms with E-state index >= 15 is 8.78 Å². The molecule has 0 aliphatic rings. The van der Waals surface area contributed by atoms with Crippen LogP contribution in [0.2, 0.25) is 5.15 Å². The molecule has 3 heterocycles. The van der Waals surface area contributed by atoms with Gasteiger partial charge in [0.2, 0.25) is 5.82 Å². The highest BCUT2D eigenvalue weighted by Crippen LogP contribution is 2.37. The van der Waals surface area contributed by atoms with E-state index in [0.29, 0.717) is 33.6 Å². The van der Waals surface area contributed by atoms with E-state index in [9.17, 15) is 0 Å². The van der Waals surface area contributed by atoms with Crippen LogP contribution in [0.5, 0.6) is 5.75 Å². The van der Waals surface area contributed by atoms with Gasteiger partial charge in [-0.25, -0.2) is 14.5 Å². The van der Waals surface area contributed by atoms with Crippen molar-refractivity contribution in [2.45, 2.75) is 25.9 Å². The van der Waals surface area contributed by atoms with Crippen molar-refractivity contribution in [1.82, 2.24) is 35.0 Å². The van der Waals surface area contributed by atoms with Gasteiger partial charge in [-0.3, -0.25) is 4.68 Å².